The van der Waals surface area contributed by atoms with Crippen molar-refractivity contribution in [2.75, 3.05) is 14.1 Å². The highest BCUT2D eigenvalue weighted by molar-refractivity contribution is 7.09. The van der Waals surface area contributed by atoms with Crippen LogP contribution in [0.2, 0.25) is 0 Å². The number of likely N-dealkylation sites (N-methyl/N-ethyl adjacent to an activating group) is 2. The second kappa shape index (κ2) is 21.7. The van der Waals surface area contributed by atoms with Crippen LogP contribution < -0.4 is 16.0 Å². The number of carboxylic acids is 1. The molecule has 0 radical (unpaired) electrons. The largest absolute Gasteiger partial charge is 0.481 e. The number of hydrogen-bond donors (Lipinski definition) is 4. The van der Waals surface area contributed by atoms with E-state index >= 15 is 0 Å². The van der Waals surface area contributed by atoms with Crippen molar-refractivity contribution in [3.63, 3.8) is 0 Å². The van der Waals surface area contributed by atoms with E-state index in [1.54, 1.807) is 31.3 Å². The fourth-order valence-electron chi connectivity index (χ4n) is 5.99. The van der Waals surface area contributed by atoms with Gasteiger partial charge in [0.1, 0.15) is 16.7 Å². The van der Waals surface area contributed by atoms with Gasteiger partial charge in [-0.1, -0.05) is 85.2 Å². The molecular weight excluding hydrogens is 694 g/mol. The first-order valence-corrected chi connectivity index (χ1v) is 18.3. The van der Waals surface area contributed by atoms with Crippen LogP contribution >= 0.6 is 23.7 Å². The molecule has 0 saturated carbocycles. The zero-order chi connectivity index (χ0) is 37.7. The molecule has 2 aromatic rings. The summed E-state index contributed by atoms with van der Waals surface area (Å²) in [6.45, 7) is 14.6. The Hall–Kier alpha value is -3.55. The third-order valence-corrected chi connectivity index (χ3v) is 10.1. The number of halogens is 1. The van der Waals surface area contributed by atoms with E-state index in [2.05, 4.69) is 20.9 Å². The molecule has 2 rings (SSSR count). The molecule has 7 unspecified atom stereocenters. The second-order valence-electron chi connectivity index (χ2n) is 13.9. The summed E-state index contributed by atoms with van der Waals surface area (Å²) >= 11 is 1.17. The summed E-state index contributed by atoms with van der Waals surface area (Å²) in [6.07, 6.45) is 0.709. The Balaban J connectivity index is 0.0000130. The number of benzene rings is 1. The summed E-state index contributed by atoms with van der Waals surface area (Å²) in [7, 11) is 3.42. The van der Waals surface area contributed by atoms with E-state index in [0.29, 0.717) is 17.8 Å². The highest BCUT2D eigenvalue weighted by atomic mass is 35.5. The molecule has 0 spiro atoms. The number of aliphatic carboxylic acids is 1. The molecular formula is C37H58ClN5O7S. The number of carbonyl (C=O) groups is 5. The molecule has 14 heteroatoms. The van der Waals surface area contributed by atoms with E-state index in [1.165, 1.54) is 18.3 Å². The summed E-state index contributed by atoms with van der Waals surface area (Å²) in [5.74, 6) is -3.29. The standard InChI is InChI=1S/C37H57N5O7S.ClH/c1-11-23(6)32(41-34(45)31(38-9)22(4)5)36(46)42(10)29(21(2)3)19-30(49-25(8)43)35-40-28(20-50-35)33(44)39-27(17-24(7)37(47)48)18-26-15-13-12-14-16-26;/h12-16,20-24,27,29-32,38H,11,17-19H2,1-10H3,(H,39,44)(H,41,45)(H,47,48);1H. The maximum Gasteiger partial charge on any atom is 0.306 e. The van der Waals surface area contributed by atoms with Gasteiger partial charge in [0, 0.05) is 37.9 Å². The lowest BCUT2D eigenvalue weighted by Crippen LogP contribution is -2.57. The van der Waals surface area contributed by atoms with Crippen molar-refractivity contribution in [2.24, 2.45) is 23.7 Å². The Morgan fingerprint density at radius 1 is 0.941 bits per heavy atom. The molecule has 0 aliphatic heterocycles. The number of carbonyl (C=O) groups excluding carboxylic acids is 4. The average Bonchev–Trinajstić information content (AvgIpc) is 3.55. The van der Waals surface area contributed by atoms with E-state index < -0.39 is 54.0 Å². The summed E-state index contributed by atoms with van der Waals surface area (Å²) in [5.41, 5.74) is 1.08. The van der Waals surface area contributed by atoms with Crippen LogP contribution in [0.15, 0.2) is 35.7 Å². The number of rotatable bonds is 20. The molecule has 7 atom stereocenters. The van der Waals surface area contributed by atoms with Gasteiger partial charge in [0.2, 0.25) is 11.8 Å². The fraction of sp³-hybridized carbons (Fsp3) is 0.622. The van der Waals surface area contributed by atoms with Crippen molar-refractivity contribution in [3.8, 4) is 0 Å². The molecule has 51 heavy (non-hydrogen) atoms. The van der Waals surface area contributed by atoms with Gasteiger partial charge in [-0.2, -0.15) is 0 Å². The number of thiazole rings is 1. The van der Waals surface area contributed by atoms with Gasteiger partial charge < -0.3 is 30.7 Å². The molecule has 0 bridgehead atoms. The van der Waals surface area contributed by atoms with Crippen molar-refractivity contribution in [1.82, 2.24) is 25.8 Å². The van der Waals surface area contributed by atoms with Crippen LogP contribution in [-0.4, -0.2) is 82.9 Å². The lowest BCUT2D eigenvalue weighted by atomic mass is 9.92. The molecule has 4 N–H and O–H groups in total. The highest BCUT2D eigenvalue weighted by Crippen LogP contribution is 2.31. The smallest absolute Gasteiger partial charge is 0.306 e. The predicted molar refractivity (Wildman–Crippen MR) is 202 cm³/mol. The molecule has 0 fully saturated rings. The second-order valence-corrected chi connectivity index (χ2v) is 14.8. The summed E-state index contributed by atoms with van der Waals surface area (Å²) in [5, 5.41) is 20.5. The number of aromatic nitrogens is 1. The van der Waals surface area contributed by atoms with Crippen LogP contribution in [0.3, 0.4) is 0 Å². The number of nitrogens with one attached hydrogen (secondary N) is 3. The first-order chi connectivity index (χ1) is 23.5. The molecule has 3 amide bonds. The van der Waals surface area contributed by atoms with Gasteiger partial charge in [-0.3, -0.25) is 24.0 Å². The van der Waals surface area contributed by atoms with Gasteiger partial charge in [0.05, 0.1) is 12.0 Å². The lowest BCUT2D eigenvalue weighted by molar-refractivity contribution is -0.149. The summed E-state index contributed by atoms with van der Waals surface area (Å²) in [4.78, 5) is 70.8. The summed E-state index contributed by atoms with van der Waals surface area (Å²) < 4.78 is 5.74. The Labute approximate surface area is 313 Å². The van der Waals surface area contributed by atoms with E-state index in [-0.39, 0.29) is 60.5 Å². The molecule has 286 valence electrons. The van der Waals surface area contributed by atoms with Crippen LogP contribution in [0, 0.1) is 23.7 Å². The van der Waals surface area contributed by atoms with Gasteiger partial charge in [-0.05, 0) is 43.2 Å². The average molecular weight is 752 g/mol. The molecule has 1 aromatic heterocycles. The number of ether oxygens (including phenoxy) is 1. The number of carboxylic acid groups (broad SMARTS) is 1. The van der Waals surface area contributed by atoms with Crippen LogP contribution in [-0.2, 0) is 30.3 Å². The van der Waals surface area contributed by atoms with Crippen molar-refractivity contribution < 1.29 is 33.8 Å². The van der Waals surface area contributed by atoms with Gasteiger partial charge in [-0.15, -0.1) is 23.7 Å². The van der Waals surface area contributed by atoms with Crippen molar-refractivity contribution in [3.05, 3.63) is 52.0 Å². The SMILES string of the molecule is CCC(C)C(NC(=O)C(NC)C(C)C)C(=O)N(C)C(CC(OC(C)=O)c1nc(C(=O)NC(Cc2ccccc2)CC(C)C(=O)O)cs1)C(C)C.Cl. The van der Waals surface area contributed by atoms with Gasteiger partial charge in [0.15, 0.2) is 6.10 Å². The maximum absolute atomic E-state index is 14.1. The van der Waals surface area contributed by atoms with Gasteiger partial charge in [-0.25, -0.2) is 4.98 Å². The number of nitrogens with zero attached hydrogens (tertiary/aromatic N) is 2. The Morgan fingerprint density at radius 3 is 2.08 bits per heavy atom. The molecule has 1 aromatic carbocycles. The normalized spacial score (nSPS) is 15.4. The highest BCUT2D eigenvalue weighted by Gasteiger charge is 2.36. The first-order valence-electron chi connectivity index (χ1n) is 17.4. The predicted octanol–water partition coefficient (Wildman–Crippen LogP) is 5.27. The van der Waals surface area contributed by atoms with Gasteiger partial charge in [0.25, 0.3) is 5.91 Å². The number of hydrogen-bond acceptors (Lipinski definition) is 9. The Kier molecular flexibility index (Phi) is 19.4. The monoisotopic (exact) mass is 751 g/mol. The van der Waals surface area contributed by atoms with Crippen LogP contribution in [0.25, 0.3) is 0 Å². The van der Waals surface area contributed by atoms with E-state index in [9.17, 15) is 29.1 Å². The minimum atomic E-state index is -0.948. The van der Waals surface area contributed by atoms with Crippen molar-refractivity contribution in [1.29, 1.82) is 0 Å². The Bertz CT molecular complexity index is 1420. The Morgan fingerprint density at radius 2 is 1.57 bits per heavy atom. The minimum absolute atomic E-state index is 0. The maximum atomic E-state index is 14.1. The molecule has 0 saturated heterocycles. The van der Waals surface area contributed by atoms with E-state index in [1.807, 2.05) is 71.9 Å². The van der Waals surface area contributed by atoms with Crippen LogP contribution in [0.5, 0.6) is 0 Å². The molecule has 12 nitrogen and oxygen atoms in total. The third-order valence-electron chi connectivity index (χ3n) is 9.17. The van der Waals surface area contributed by atoms with Crippen LogP contribution in [0.1, 0.15) is 102 Å². The van der Waals surface area contributed by atoms with Crippen molar-refractivity contribution >= 4 is 53.4 Å². The minimum Gasteiger partial charge on any atom is -0.481 e. The third kappa shape index (κ3) is 13.8. The summed E-state index contributed by atoms with van der Waals surface area (Å²) in [6, 6.07) is 7.42. The fourth-order valence-corrected chi connectivity index (χ4v) is 6.83. The number of esters is 1. The van der Waals surface area contributed by atoms with E-state index in [4.69, 9.17) is 4.74 Å². The van der Waals surface area contributed by atoms with Crippen LogP contribution in [0.4, 0.5) is 0 Å². The molecule has 0 aliphatic carbocycles. The van der Waals surface area contributed by atoms with Crippen molar-refractivity contribution in [2.45, 2.75) is 111 Å². The quantitative estimate of drug-likeness (QED) is 0.132. The lowest BCUT2D eigenvalue weighted by Gasteiger charge is -2.37. The molecule has 0 aliphatic rings. The van der Waals surface area contributed by atoms with Gasteiger partial charge >= 0.3 is 11.9 Å². The van der Waals surface area contributed by atoms with E-state index in [0.717, 1.165) is 5.56 Å². The number of amides is 3. The molecule has 1 heterocycles. The zero-order valence-corrected chi connectivity index (χ0v) is 33.2. The first kappa shape index (κ1) is 45.5. The topological polar surface area (TPSA) is 167 Å². The zero-order valence-electron chi connectivity index (χ0n) is 31.6.